The molecule has 0 bridgehead atoms. The molecule has 0 amide bonds. The van der Waals surface area contributed by atoms with Crippen LogP contribution in [0.3, 0.4) is 0 Å². The highest BCUT2D eigenvalue weighted by Gasteiger charge is 2.35. The Morgan fingerprint density at radius 3 is 2.88 bits per heavy atom. The van der Waals surface area contributed by atoms with Gasteiger partial charge in [-0.05, 0) is 48.9 Å². The van der Waals surface area contributed by atoms with Gasteiger partial charge in [-0.2, -0.15) is 0 Å². The first-order valence-corrected chi connectivity index (χ1v) is 6.27. The Morgan fingerprint density at radius 1 is 1.41 bits per heavy atom. The van der Waals surface area contributed by atoms with Gasteiger partial charge < -0.3 is 10.2 Å². The minimum absolute atomic E-state index is 0.350. The summed E-state index contributed by atoms with van der Waals surface area (Å²) in [4.78, 5) is 4.31. The molecule has 1 fully saturated rings. The molecule has 2 N–H and O–H groups in total. The summed E-state index contributed by atoms with van der Waals surface area (Å²) in [5, 5.41) is 0. The number of aryl methyl sites for hydroxylation is 1. The van der Waals surface area contributed by atoms with E-state index in [0.29, 0.717) is 5.41 Å². The van der Waals surface area contributed by atoms with E-state index in [1.165, 1.54) is 24.8 Å². The maximum absolute atomic E-state index is 5.90. The van der Waals surface area contributed by atoms with E-state index in [-0.39, 0.29) is 0 Å². The molecule has 1 aromatic heterocycles. The predicted molar refractivity (Wildman–Crippen MR) is 67.8 cm³/mol. The van der Waals surface area contributed by atoms with Crippen LogP contribution in [0.5, 0.6) is 0 Å². The number of hydrogen-bond acceptors (Lipinski definition) is 3. The van der Waals surface area contributed by atoms with Gasteiger partial charge in [-0.3, -0.25) is 0 Å². The first-order valence-electron chi connectivity index (χ1n) is 6.27. The zero-order chi connectivity index (χ0) is 11.9. The highest BCUT2D eigenvalue weighted by molar-refractivity contribution is 5.73. The minimum atomic E-state index is 0.350. The zero-order valence-corrected chi connectivity index (χ0v) is 10.2. The lowest BCUT2D eigenvalue weighted by Crippen LogP contribution is -2.39. The molecule has 0 spiro atoms. The molecule has 17 heavy (non-hydrogen) atoms. The highest BCUT2D eigenvalue weighted by Crippen LogP contribution is 2.42. The quantitative estimate of drug-likeness (QED) is 0.882. The van der Waals surface area contributed by atoms with E-state index in [1.807, 2.05) is 13.0 Å². The number of benzene rings is 1. The maximum atomic E-state index is 5.90. The van der Waals surface area contributed by atoms with Crippen LogP contribution in [0.15, 0.2) is 22.6 Å². The van der Waals surface area contributed by atoms with Gasteiger partial charge in [0.05, 0.1) is 0 Å². The van der Waals surface area contributed by atoms with Gasteiger partial charge in [0.15, 0.2) is 11.5 Å². The smallest absolute Gasteiger partial charge is 0.192 e. The fraction of sp³-hybridized carbons (Fsp3) is 0.500. The Kier molecular flexibility index (Phi) is 2.44. The molecule has 0 unspecified atom stereocenters. The van der Waals surface area contributed by atoms with Gasteiger partial charge in [-0.25, -0.2) is 4.98 Å². The molecular weight excluding hydrogens is 212 g/mol. The molecule has 3 rings (SSSR count). The van der Waals surface area contributed by atoms with E-state index < -0.39 is 0 Å². The van der Waals surface area contributed by atoms with E-state index in [2.05, 4.69) is 17.1 Å². The molecule has 0 saturated heterocycles. The molecular formula is C14H18N2O. The van der Waals surface area contributed by atoms with Crippen LogP contribution in [0.4, 0.5) is 0 Å². The van der Waals surface area contributed by atoms with Crippen LogP contribution in [0.2, 0.25) is 0 Å². The fourth-order valence-electron chi connectivity index (χ4n) is 2.76. The normalized spacial score (nSPS) is 18.2. The van der Waals surface area contributed by atoms with Crippen molar-refractivity contribution in [3.8, 4) is 0 Å². The summed E-state index contributed by atoms with van der Waals surface area (Å²) in [6, 6.07) is 6.31. The molecule has 1 heterocycles. The third-order valence-corrected chi connectivity index (χ3v) is 3.99. The predicted octanol–water partition coefficient (Wildman–Crippen LogP) is 2.81. The monoisotopic (exact) mass is 230 g/mol. The summed E-state index contributed by atoms with van der Waals surface area (Å²) in [7, 11) is 0. The van der Waals surface area contributed by atoms with E-state index >= 15 is 0 Å². The molecule has 1 aliphatic carbocycles. The van der Waals surface area contributed by atoms with Crippen LogP contribution in [0, 0.1) is 12.3 Å². The average Bonchev–Trinajstić information content (AvgIpc) is 2.63. The number of hydrogen-bond donors (Lipinski definition) is 1. The molecule has 3 nitrogen and oxygen atoms in total. The van der Waals surface area contributed by atoms with Gasteiger partial charge in [0.25, 0.3) is 0 Å². The van der Waals surface area contributed by atoms with Gasteiger partial charge in [-0.15, -0.1) is 0 Å². The van der Waals surface area contributed by atoms with E-state index in [4.69, 9.17) is 10.2 Å². The Morgan fingerprint density at radius 2 is 2.24 bits per heavy atom. The minimum Gasteiger partial charge on any atom is -0.441 e. The van der Waals surface area contributed by atoms with Crippen molar-refractivity contribution in [1.29, 1.82) is 0 Å². The van der Waals surface area contributed by atoms with Crippen molar-refractivity contribution < 1.29 is 4.42 Å². The molecule has 1 aliphatic rings. The van der Waals surface area contributed by atoms with Gasteiger partial charge in [-0.1, -0.05) is 12.5 Å². The Labute approximate surface area is 101 Å². The SMILES string of the molecule is Cc1nc2ccc(CC3(CN)CCC3)cc2o1. The number of nitrogens with zero attached hydrogens (tertiary/aromatic N) is 1. The first-order chi connectivity index (χ1) is 8.21. The molecule has 90 valence electrons. The van der Waals surface area contributed by atoms with Gasteiger partial charge in [0, 0.05) is 6.92 Å². The molecule has 1 saturated carbocycles. The van der Waals surface area contributed by atoms with Crippen molar-refractivity contribution in [1.82, 2.24) is 4.98 Å². The third kappa shape index (κ3) is 1.84. The number of fused-ring (bicyclic) bond motifs is 1. The van der Waals surface area contributed by atoms with Crippen molar-refractivity contribution in [2.75, 3.05) is 6.54 Å². The summed E-state index contributed by atoms with van der Waals surface area (Å²) >= 11 is 0. The molecule has 2 aromatic rings. The van der Waals surface area contributed by atoms with Crippen molar-refractivity contribution in [3.05, 3.63) is 29.7 Å². The lowest BCUT2D eigenvalue weighted by molar-refractivity contribution is 0.145. The topological polar surface area (TPSA) is 52.0 Å². The van der Waals surface area contributed by atoms with Gasteiger partial charge in [0.2, 0.25) is 0 Å². The van der Waals surface area contributed by atoms with E-state index in [0.717, 1.165) is 30.0 Å². The van der Waals surface area contributed by atoms with Crippen LogP contribution in [0.1, 0.15) is 30.7 Å². The van der Waals surface area contributed by atoms with Crippen molar-refractivity contribution in [2.45, 2.75) is 32.6 Å². The lowest BCUT2D eigenvalue weighted by atomic mass is 9.65. The van der Waals surface area contributed by atoms with Crippen LogP contribution < -0.4 is 5.73 Å². The molecule has 0 atom stereocenters. The number of nitrogens with two attached hydrogens (primary N) is 1. The fourth-order valence-corrected chi connectivity index (χ4v) is 2.76. The van der Waals surface area contributed by atoms with Crippen LogP contribution in [-0.2, 0) is 6.42 Å². The number of rotatable bonds is 3. The first kappa shape index (κ1) is 10.8. The Balaban J connectivity index is 1.90. The average molecular weight is 230 g/mol. The van der Waals surface area contributed by atoms with Crippen LogP contribution >= 0.6 is 0 Å². The second-order valence-electron chi connectivity index (χ2n) is 5.27. The van der Waals surface area contributed by atoms with E-state index in [9.17, 15) is 0 Å². The summed E-state index contributed by atoms with van der Waals surface area (Å²) in [5.74, 6) is 0.731. The molecule has 0 aliphatic heterocycles. The van der Waals surface area contributed by atoms with Crippen LogP contribution in [-0.4, -0.2) is 11.5 Å². The second kappa shape index (κ2) is 3.84. The van der Waals surface area contributed by atoms with Crippen molar-refractivity contribution in [3.63, 3.8) is 0 Å². The number of oxazole rings is 1. The second-order valence-corrected chi connectivity index (χ2v) is 5.27. The lowest BCUT2D eigenvalue weighted by Gasteiger charge is -2.41. The molecule has 1 aromatic carbocycles. The summed E-state index contributed by atoms with van der Waals surface area (Å²) in [6.07, 6.45) is 4.91. The standard InChI is InChI=1S/C14H18N2O/c1-10-16-12-4-3-11(7-13(12)17-10)8-14(9-15)5-2-6-14/h3-4,7H,2,5-6,8-9,15H2,1H3. The largest absolute Gasteiger partial charge is 0.441 e. The summed E-state index contributed by atoms with van der Waals surface area (Å²) < 4.78 is 5.57. The highest BCUT2D eigenvalue weighted by atomic mass is 16.3. The van der Waals surface area contributed by atoms with Gasteiger partial charge >= 0.3 is 0 Å². The Hall–Kier alpha value is -1.35. The molecule has 0 radical (unpaired) electrons. The third-order valence-electron chi connectivity index (χ3n) is 3.99. The Bertz CT molecular complexity index is 535. The van der Waals surface area contributed by atoms with Crippen molar-refractivity contribution >= 4 is 11.1 Å². The maximum Gasteiger partial charge on any atom is 0.192 e. The number of aromatic nitrogens is 1. The van der Waals surface area contributed by atoms with Crippen molar-refractivity contribution in [2.24, 2.45) is 11.1 Å². The van der Waals surface area contributed by atoms with E-state index in [1.54, 1.807) is 0 Å². The molecule has 3 heteroatoms. The summed E-state index contributed by atoms with van der Waals surface area (Å²) in [5.41, 5.74) is 9.41. The zero-order valence-electron chi connectivity index (χ0n) is 10.2. The van der Waals surface area contributed by atoms with Crippen LogP contribution in [0.25, 0.3) is 11.1 Å². The summed E-state index contributed by atoms with van der Waals surface area (Å²) in [6.45, 7) is 2.67. The van der Waals surface area contributed by atoms with Gasteiger partial charge in [0.1, 0.15) is 5.52 Å².